The molecule has 0 saturated carbocycles. The number of carbonyl (C=O) groups is 2. The lowest BCUT2D eigenvalue weighted by atomic mass is 10.1. The quantitative estimate of drug-likeness (QED) is 0.649. The van der Waals surface area contributed by atoms with Gasteiger partial charge in [0.05, 0.1) is 11.3 Å². The van der Waals surface area contributed by atoms with Crippen LogP contribution in [0, 0.1) is 0 Å². The molecule has 0 unspecified atom stereocenters. The van der Waals surface area contributed by atoms with Gasteiger partial charge in [0.1, 0.15) is 12.4 Å². The SMILES string of the molecule is O=C(Nc1ccccc1C(=O)N1CCCC1)c1cccc(OCc2ccccc2)c1. The van der Waals surface area contributed by atoms with E-state index in [2.05, 4.69) is 5.32 Å². The van der Waals surface area contributed by atoms with Crippen molar-refractivity contribution in [3.05, 3.63) is 95.6 Å². The molecule has 0 aliphatic carbocycles. The van der Waals surface area contributed by atoms with Crippen LogP contribution in [-0.2, 0) is 6.61 Å². The molecule has 1 aliphatic heterocycles. The Balaban J connectivity index is 1.46. The van der Waals surface area contributed by atoms with E-state index in [1.807, 2.05) is 53.4 Å². The van der Waals surface area contributed by atoms with Crippen molar-refractivity contribution in [3.8, 4) is 5.75 Å². The average Bonchev–Trinajstić information content (AvgIpc) is 3.33. The van der Waals surface area contributed by atoms with Crippen LogP contribution in [0.2, 0.25) is 0 Å². The largest absolute Gasteiger partial charge is 0.489 e. The second-order valence-electron chi connectivity index (χ2n) is 7.30. The summed E-state index contributed by atoms with van der Waals surface area (Å²) in [6.07, 6.45) is 2.05. The number of likely N-dealkylation sites (tertiary alicyclic amines) is 1. The van der Waals surface area contributed by atoms with Gasteiger partial charge in [-0.3, -0.25) is 9.59 Å². The minimum atomic E-state index is -0.276. The van der Waals surface area contributed by atoms with Gasteiger partial charge in [-0.25, -0.2) is 0 Å². The van der Waals surface area contributed by atoms with Crippen LogP contribution in [0.5, 0.6) is 5.75 Å². The number of hydrogen-bond acceptors (Lipinski definition) is 3. The number of carbonyl (C=O) groups excluding carboxylic acids is 2. The Bertz CT molecular complexity index is 1030. The fourth-order valence-electron chi connectivity index (χ4n) is 3.53. The van der Waals surface area contributed by atoms with E-state index < -0.39 is 0 Å². The van der Waals surface area contributed by atoms with Gasteiger partial charge < -0.3 is 15.0 Å². The van der Waals surface area contributed by atoms with Gasteiger partial charge in [0.15, 0.2) is 0 Å². The molecule has 0 spiro atoms. The highest BCUT2D eigenvalue weighted by molar-refractivity contribution is 6.09. The lowest BCUT2D eigenvalue weighted by molar-refractivity contribution is 0.0794. The number of para-hydroxylation sites is 1. The summed E-state index contributed by atoms with van der Waals surface area (Å²) in [4.78, 5) is 27.5. The first kappa shape index (κ1) is 19.7. The number of nitrogens with one attached hydrogen (secondary N) is 1. The summed E-state index contributed by atoms with van der Waals surface area (Å²) in [6.45, 7) is 1.96. The van der Waals surface area contributed by atoms with Crippen molar-refractivity contribution in [2.75, 3.05) is 18.4 Å². The zero-order valence-electron chi connectivity index (χ0n) is 16.7. The highest BCUT2D eigenvalue weighted by Gasteiger charge is 2.22. The van der Waals surface area contributed by atoms with Crippen LogP contribution in [0.15, 0.2) is 78.9 Å². The van der Waals surface area contributed by atoms with Crippen LogP contribution in [0.25, 0.3) is 0 Å². The standard InChI is InChI=1S/C25H24N2O3/c28-24(20-11-8-12-21(17-20)30-18-19-9-2-1-3-10-19)26-23-14-5-4-13-22(23)25(29)27-15-6-7-16-27/h1-5,8-14,17H,6-7,15-16,18H2,(H,26,28). The molecule has 1 aliphatic rings. The summed E-state index contributed by atoms with van der Waals surface area (Å²) < 4.78 is 5.82. The zero-order valence-corrected chi connectivity index (χ0v) is 16.7. The van der Waals surface area contributed by atoms with Crippen LogP contribution >= 0.6 is 0 Å². The molecule has 152 valence electrons. The van der Waals surface area contributed by atoms with Crippen molar-refractivity contribution < 1.29 is 14.3 Å². The van der Waals surface area contributed by atoms with Crippen LogP contribution in [0.4, 0.5) is 5.69 Å². The second-order valence-corrected chi connectivity index (χ2v) is 7.30. The number of rotatable bonds is 6. The predicted molar refractivity (Wildman–Crippen MR) is 117 cm³/mol. The number of benzene rings is 3. The molecule has 1 N–H and O–H groups in total. The van der Waals surface area contributed by atoms with E-state index in [1.54, 1.807) is 30.3 Å². The molecule has 1 fully saturated rings. The van der Waals surface area contributed by atoms with E-state index in [-0.39, 0.29) is 11.8 Å². The maximum absolute atomic E-state index is 12.8. The maximum atomic E-state index is 12.8. The van der Waals surface area contributed by atoms with Gasteiger partial charge >= 0.3 is 0 Å². The topological polar surface area (TPSA) is 58.6 Å². The smallest absolute Gasteiger partial charge is 0.255 e. The van der Waals surface area contributed by atoms with E-state index in [9.17, 15) is 9.59 Å². The molecule has 3 aromatic rings. The zero-order chi connectivity index (χ0) is 20.8. The minimum Gasteiger partial charge on any atom is -0.489 e. The first-order valence-corrected chi connectivity index (χ1v) is 10.2. The Labute approximate surface area is 176 Å². The van der Waals surface area contributed by atoms with Gasteiger partial charge in [-0.05, 0) is 48.7 Å². The van der Waals surface area contributed by atoms with Crippen LogP contribution < -0.4 is 10.1 Å². The van der Waals surface area contributed by atoms with Crippen molar-refractivity contribution in [2.45, 2.75) is 19.4 Å². The minimum absolute atomic E-state index is 0.0386. The van der Waals surface area contributed by atoms with E-state index >= 15 is 0 Å². The summed E-state index contributed by atoms with van der Waals surface area (Å²) in [7, 11) is 0. The number of ether oxygens (including phenoxy) is 1. The van der Waals surface area contributed by atoms with E-state index in [1.165, 1.54) is 0 Å². The van der Waals surface area contributed by atoms with E-state index in [0.717, 1.165) is 31.5 Å². The Morgan fingerprint density at radius 1 is 0.867 bits per heavy atom. The molecular formula is C25H24N2O3. The third-order valence-corrected chi connectivity index (χ3v) is 5.14. The third kappa shape index (κ3) is 4.69. The summed E-state index contributed by atoms with van der Waals surface area (Å²) >= 11 is 0. The summed E-state index contributed by atoms with van der Waals surface area (Å²) in [5.74, 6) is 0.304. The van der Waals surface area contributed by atoms with E-state index in [4.69, 9.17) is 4.74 Å². The predicted octanol–water partition coefficient (Wildman–Crippen LogP) is 4.75. The molecule has 30 heavy (non-hydrogen) atoms. The van der Waals surface area contributed by atoms with Crippen molar-refractivity contribution in [2.24, 2.45) is 0 Å². The highest BCUT2D eigenvalue weighted by Crippen LogP contribution is 2.22. The van der Waals surface area contributed by atoms with Gasteiger partial charge in [-0.15, -0.1) is 0 Å². The molecule has 1 heterocycles. The van der Waals surface area contributed by atoms with Crippen molar-refractivity contribution >= 4 is 17.5 Å². The van der Waals surface area contributed by atoms with E-state index in [0.29, 0.717) is 29.2 Å². The number of hydrogen-bond donors (Lipinski definition) is 1. The van der Waals surface area contributed by atoms with Gasteiger partial charge in [0.25, 0.3) is 11.8 Å². The summed E-state index contributed by atoms with van der Waals surface area (Å²) in [6, 6.07) is 24.1. The molecule has 3 aromatic carbocycles. The second kappa shape index (κ2) is 9.27. The maximum Gasteiger partial charge on any atom is 0.255 e. The van der Waals surface area contributed by atoms with Crippen molar-refractivity contribution in [1.82, 2.24) is 4.90 Å². The van der Waals surface area contributed by atoms with Gasteiger partial charge in [-0.1, -0.05) is 48.5 Å². The van der Waals surface area contributed by atoms with Crippen LogP contribution in [-0.4, -0.2) is 29.8 Å². The molecule has 0 atom stereocenters. The number of nitrogens with zero attached hydrogens (tertiary/aromatic N) is 1. The number of anilines is 1. The average molecular weight is 400 g/mol. The van der Waals surface area contributed by atoms with Crippen molar-refractivity contribution in [1.29, 1.82) is 0 Å². The normalized spacial score (nSPS) is 13.1. The Morgan fingerprint density at radius 2 is 1.60 bits per heavy atom. The molecule has 5 nitrogen and oxygen atoms in total. The number of amides is 2. The molecule has 1 saturated heterocycles. The van der Waals surface area contributed by atoms with Gasteiger partial charge in [0, 0.05) is 18.7 Å². The lowest BCUT2D eigenvalue weighted by Crippen LogP contribution is -2.28. The fourth-order valence-corrected chi connectivity index (χ4v) is 3.53. The first-order valence-electron chi connectivity index (χ1n) is 10.2. The molecule has 4 rings (SSSR count). The van der Waals surface area contributed by atoms with Crippen molar-refractivity contribution in [3.63, 3.8) is 0 Å². The molecule has 2 amide bonds. The molecule has 0 aromatic heterocycles. The lowest BCUT2D eigenvalue weighted by Gasteiger charge is -2.18. The molecule has 0 radical (unpaired) electrons. The third-order valence-electron chi connectivity index (χ3n) is 5.14. The summed E-state index contributed by atoms with van der Waals surface area (Å²) in [5.41, 5.74) is 2.57. The molecular weight excluding hydrogens is 376 g/mol. The van der Waals surface area contributed by atoms with Gasteiger partial charge in [0.2, 0.25) is 0 Å². The van der Waals surface area contributed by atoms with Crippen LogP contribution in [0.3, 0.4) is 0 Å². The summed E-state index contributed by atoms with van der Waals surface area (Å²) in [5, 5.41) is 2.89. The van der Waals surface area contributed by atoms with Gasteiger partial charge in [-0.2, -0.15) is 0 Å². The monoisotopic (exact) mass is 400 g/mol. The molecule has 5 heteroatoms. The van der Waals surface area contributed by atoms with Crippen LogP contribution in [0.1, 0.15) is 39.1 Å². The fraction of sp³-hybridized carbons (Fsp3) is 0.200. The first-order chi connectivity index (χ1) is 14.7. The highest BCUT2D eigenvalue weighted by atomic mass is 16.5. The Hall–Kier alpha value is -3.60. The Kier molecular flexibility index (Phi) is 6.09. The molecule has 0 bridgehead atoms. The Morgan fingerprint density at radius 3 is 2.40 bits per heavy atom.